The van der Waals surface area contributed by atoms with Gasteiger partial charge in [0.15, 0.2) is 5.96 Å². The zero-order valence-electron chi connectivity index (χ0n) is 15.2. The molecule has 0 unspecified atom stereocenters. The Hall–Kier alpha value is -1.55. The van der Waals surface area contributed by atoms with Crippen LogP contribution in [-0.4, -0.2) is 58.3 Å². The second-order valence-electron chi connectivity index (χ2n) is 6.80. The molecule has 27 heavy (non-hydrogen) atoms. The fourth-order valence-corrected chi connectivity index (χ4v) is 4.31. The monoisotopic (exact) mass is 496 g/mol. The largest absolute Gasteiger partial charge is 0.370 e. The Balaban J connectivity index is 0.00000210. The summed E-state index contributed by atoms with van der Waals surface area (Å²) >= 11 is 1.94. The number of thioether (sulfide) groups is 1. The number of aliphatic imine (C=N–C) groups is 1. The molecule has 1 aromatic heterocycles. The lowest BCUT2D eigenvalue weighted by atomic mass is 10.3. The van der Waals surface area contributed by atoms with Crippen LogP contribution in [0.5, 0.6) is 0 Å². The molecule has 1 aliphatic carbocycles. The molecule has 4 rings (SSSR count). The van der Waals surface area contributed by atoms with Crippen LogP contribution >= 0.6 is 35.7 Å². The molecule has 0 spiro atoms. The maximum Gasteiger partial charge on any atom is 0.225 e. The lowest BCUT2D eigenvalue weighted by Gasteiger charge is -2.35. The number of piperazine rings is 1. The number of benzene rings is 1. The number of nitrogens with two attached hydrogens (primary N) is 1. The highest BCUT2D eigenvalue weighted by molar-refractivity contribution is 14.0. The van der Waals surface area contributed by atoms with Crippen LogP contribution in [0, 0.1) is 0 Å². The lowest BCUT2D eigenvalue weighted by Crippen LogP contribution is -2.51. The number of rotatable bonds is 5. The predicted molar refractivity (Wildman–Crippen MR) is 122 cm³/mol. The van der Waals surface area contributed by atoms with E-state index in [-0.39, 0.29) is 28.7 Å². The third-order valence-corrected chi connectivity index (χ3v) is 6.33. The van der Waals surface area contributed by atoms with Crippen LogP contribution in [0.2, 0.25) is 0 Å². The maximum absolute atomic E-state index is 6.28. The number of hydrogen-bond acceptors (Lipinski definition) is 5. The van der Waals surface area contributed by atoms with Crippen molar-refractivity contribution in [3.05, 3.63) is 48.8 Å². The highest BCUT2D eigenvalue weighted by atomic mass is 127. The van der Waals surface area contributed by atoms with Gasteiger partial charge in [-0.2, -0.15) is 0 Å². The summed E-state index contributed by atoms with van der Waals surface area (Å²) in [5.41, 5.74) is 6.28. The Kier molecular flexibility index (Phi) is 6.80. The van der Waals surface area contributed by atoms with E-state index >= 15 is 0 Å². The molecule has 1 aliphatic heterocycles. The van der Waals surface area contributed by atoms with E-state index in [1.165, 1.54) is 17.7 Å². The molecule has 1 aromatic carbocycles. The number of nitrogens with zero attached hydrogens (tertiary/aromatic N) is 5. The van der Waals surface area contributed by atoms with E-state index in [9.17, 15) is 0 Å². The second kappa shape index (κ2) is 9.09. The van der Waals surface area contributed by atoms with Crippen molar-refractivity contribution >= 4 is 47.6 Å². The van der Waals surface area contributed by atoms with Crippen LogP contribution in [-0.2, 0) is 0 Å². The lowest BCUT2D eigenvalue weighted by molar-refractivity contribution is 0.378. The summed E-state index contributed by atoms with van der Waals surface area (Å²) in [5, 5.41) is 0. The normalized spacial score (nSPS) is 18.7. The summed E-state index contributed by atoms with van der Waals surface area (Å²) < 4.78 is 0.242. The van der Waals surface area contributed by atoms with Gasteiger partial charge >= 0.3 is 0 Å². The summed E-state index contributed by atoms with van der Waals surface area (Å²) in [4.78, 5) is 19.0. The Labute approximate surface area is 181 Å². The van der Waals surface area contributed by atoms with Gasteiger partial charge in [-0.15, -0.1) is 35.7 Å². The molecule has 0 bridgehead atoms. The first-order valence-electron chi connectivity index (χ1n) is 9.05. The van der Waals surface area contributed by atoms with Crippen molar-refractivity contribution in [1.29, 1.82) is 0 Å². The summed E-state index contributed by atoms with van der Waals surface area (Å²) in [7, 11) is 0. The summed E-state index contributed by atoms with van der Waals surface area (Å²) in [5.74, 6) is 1.46. The van der Waals surface area contributed by atoms with Gasteiger partial charge < -0.3 is 15.5 Å². The second-order valence-corrected chi connectivity index (χ2v) is 8.34. The summed E-state index contributed by atoms with van der Waals surface area (Å²) in [6.07, 6.45) is 5.99. The molecule has 2 aliphatic rings. The van der Waals surface area contributed by atoms with Crippen molar-refractivity contribution in [1.82, 2.24) is 14.9 Å². The van der Waals surface area contributed by atoms with Crippen molar-refractivity contribution < 1.29 is 0 Å². The number of aromatic nitrogens is 2. The Morgan fingerprint density at radius 1 is 1.04 bits per heavy atom. The highest BCUT2D eigenvalue weighted by Gasteiger charge is 2.43. The van der Waals surface area contributed by atoms with E-state index in [0.29, 0.717) is 5.96 Å². The Morgan fingerprint density at radius 3 is 2.33 bits per heavy atom. The molecule has 2 aromatic rings. The standard InChI is InChI=1S/C19H24N6S.HI/c20-17(23-15-19(7-8-19)26-16-5-2-1-3-6-16)24-11-13-25(14-12-24)18-21-9-4-10-22-18;/h1-6,9-10H,7-8,11-15H2,(H2,20,23);1H. The fraction of sp³-hybridized carbons (Fsp3) is 0.421. The molecule has 0 radical (unpaired) electrons. The van der Waals surface area contributed by atoms with E-state index in [1.807, 2.05) is 17.8 Å². The van der Waals surface area contributed by atoms with Gasteiger partial charge in [-0.05, 0) is 31.0 Å². The van der Waals surface area contributed by atoms with Gasteiger partial charge in [-0.1, -0.05) is 18.2 Å². The molecule has 144 valence electrons. The highest BCUT2D eigenvalue weighted by Crippen LogP contribution is 2.51. The molecular weight excluding hydrogens is 471 g/mol. The topological polar surface area (TPSA) is 70.6 Å². The smallest absolute Gasteiger partial charge is 0.225 e. The molecule has 1 saturated heterocycles. The quantitative estimate of drug-likeness (QED) is 0.390. The van der Waals surface area contributed by atoms with Gasteiger partial charge in [-0.3, -0.25) is 4.99 Å². The minimum absolute atomic E-state index is 0. The van der Waals surface area contributed by atoms with Crippen molar-refractivity contribution in [2.75, 3.05) is 37.6 Å². The van der Waals surface area contributed by atoms with Crippen LogP contribution in [0.3, 0.4) is 0 Å². The summed E-state index contributed by atoms with van der Waals surface area (Å²) in [6.45, 7) is 4.23. The zero-order chi connectivity index (χ0) is 17.8. The molecule has 6 nitrogen and oxygen atoms in total. The minimum Gasteiger partial charge on any atom is -0.370 e. The number of hydrogen-bond donors (Lipinski definition) is 1. The molecule has 2 heterocycles. The average molecular weight is 496 g/mol. The van der Waals surface area contributed by atoms with E-state index in [1.54, 1.807) is 12.4 Å². The third-order valence-electron chi connectivity index (χ3n) is 4.85. The molecule has 8 heteroatoms. The van der Waals surface area contributed by atoms with Crippen LogP contribution in [0.1, 0.15) is 12.8 Å². The van der Waals surface area contributed by atoms with Crippen LogP contribution in [0.4, 0.5) is 5.95 Å². The molecular formula is C19H25IN6S. The Morgan fingerprint density at radius 2 is 1.70 bits per heavy atom. The fourth-order valence-electron chi connectivity index (χ4n) is 3.09. The molecule has 1 saturated carbocycles. The molecule has 2 fully saturated rings. The van der Waals surface area contributed by atoms with Gasteiger partial charge in [0, 0.05) is 48.2 Å². The predicted octanol–water partition coefficient (Wildman–Crippen LogP) is 2.86. The van der Waals surface area contributed by atoms with Crippen LogP contribution in [0.25, 0.3) is 0 Å². The molecule has 0 atom stereocenters. The SMILES string of the molecule is I.NC(=NCC1(Sc2ccccc2)CC1)N1CCN(c2ncccn2)CC1. The van der Waals surface area contributed by atoms with Crippen molar-refractivity contribution in [3.63, 3.8) is 0 Å². The first kappa shape index (κ1) is 20.2. The van der Waals surface area contributed by atoms with E-state index in [0.717, 1.165) is 38.7 Å². The van der Waals surface area contributed by atoms with Gasteiger partial charge in [0.25, 0.3) is 0 Å². The van der Waals surface area contributed by atoms with E-state index in [2.05, 4.69) is 50.1 Å². The van der Waals surface area contributed by atoms with Gasteiger partial charge in [0.1, 0.15) is 0 Å². The third kappa shape index (κ3) is 5.25. The van der Waals surface area contributed by atoms with Crippen LogP contribution < -0.4 is 10.6 Å². The van der Waals surface area contributed by atoms with E-state index < -0.39 is 0 Å². The zero-order valence-corrected chi connectivity index (χ0v) is 18.3. The first-order chi connectivity index (χ1) is 12.7. The van der Waals surface area contributed by atoms with Crippen molar-refractivity contribution in [3.8, 4) is 0 Å². The van der Waals surface area contributed by atoms with Crippen molar-refractivity contribution in [2.45, 2.75) is 22.5 Å². The summed E-state index contributed by atoms with van der Waals surface area (Å²) in [6, 6.07) is 12.4. The molecule has 0 amide bonds. The minimum atomic E-state index is 0. The Bertz CT molecular complexity index is 745. The van der Waals surface area contributed by atoms with Gasteiger partial charge in [0.2, 0.25) is 5.95 Å². The average Bonchev–Trinajstić information content (AvgIpc) is 3.47. The van der Waals surface area contributed by atoms with E-state index in [4.69, 9.17) is 10.7 Å². The van der Waals surface area contributed by atoms with Crippen LogP contribution in [0.15, 0.2) is 58.7 Å². The number of anilines is 1. The van der Waals surface area contributed by atoms with Gasteiger partial charge in [0.05, 0.1) is 6.54 Å². The number of guanidine groups is 1. The number of halogens is 1. The van der Waals surface area contributed by atoms with Crippen molar-refractivity contribution in [2.24, 2.45) is 10.7 Å². The van der Waals surface area contributed by atoms with Gasteiger partial charge in [-0.25, -0.2) is 9.97 Å². The first-order valence-corrected chi connectivity index (χ1v) is 9.87. The maximum atomic E-state index is 6.28. The molecule has 2 N–H and O–H groups in total.